The molecule has 0 unspecified atom stereocenters. The molecule has 1 aromatic rings. The standard InChI is InChI=1S/C11H7BO2/c1-6-9(12)11(14)8-5-3-2-4-7(8)10(6)13/h2-5H,1H3. The number of rotatable bonds is 0. The smallest absolute Gasteiger partial charge is 0.189 e. The normalized spacial score (nSPS) is 15.8. The van der Waals surface area contributed by atoms with E-state index in [-0.39, 0.29) is 17.0 Å². The van der Waals surface area contributed by atoms with Crippen LogP contribution in [0.25, 0.3) is 0 Å². The van der Waals surface area contributed by atoms with Crippen LogP contribution in [0.4, 0.5) is 0 Å². The molecule has 14 heavy (non-hydrogen) atoms. The largest absolute Gasteiger partial charge is 0.290 e. The fourth-order valence-electron chi connectivity index (χ4n) is 1.52. The van der Waals surface area contributed by atoms with Gasteiger partial charge in [-0.2, -0.15) is 0 Å². The number of fused-ring (bicyclic) bond motifs is 1. The second-order valence-corrected chi connectivity index (χ2v) is 3.24. The zero-order valence-electron chi connectivity index (χ0n) is 7.70. The van der Waals surface area contributed by atoms with E-state index in [1.807, 2.05) is 0 Å². The Morgan fingerprint density at radius 3 is 2.07 bits per heavy atom. The van der Waals surface area contributed by atoms with Crippen LogP contribution in [0.5, 0.6) is 0 Å². The fourth-order valence-corrected chi connectivity index (χ4v) is 1.52. The first-order valence-electron chi connectivity index (χ1n) is 4.27. The maximum atomic E-state index is 11.7. The van der Waals surface area contributed by atoms with Crippen molar-refractivity contribution in [2.24, 2.45) is 0 Å². The Hall–Kier alpha value is -1.64. The molecule has 1 aliphatic carbocycles. The van der Waals surface area contributed by atoms with E-state index in [1.54, 1.807) is 31.2 Å². The number of hydrogen-bond donors (Lipinski definition) is 0. The first-order valence-corrected chi connectivity index (χ1v) is 4.27. The summed E-state index contributed by atoms with van der Waals surface area (Å²) >= 11 is 0. The van der Waals surface area contributed by atoms with Gasteiger partial charge in [0, 0.05) is 11.1 Å². The van der Waals surface area contributed by atoms with E-state index in [0.29, 0.717) is 16.7 Å². The van der Waals surface area contributed by atoms with Gasteiger partial charge in [-0.25, -0.2) is 0 Å². The molecule has 0 spiro atoms. The molecule has 3 heteroatoms. The second-order valence-electron chi connectivity index (χ2n) is 3.24. The number of allylic oxidation sites excluding steroid dienone is 2. The van der Waals surface area contributed by atoms with Crippen molar-refractivity contribution in [3.63, 3.8) is 0 Å². The summed E-state index contributed by atoms with van der Waals surface area (Å²) in [5.41, 5.74) is 1.26. The molecular formula is C11H7BO2. The van der Waals surface area contributed by atoms with Gasteiger partial charge in [-0.1, -0.05) is 24.3 Å². The molecular weight excluding hydrogens is 175 g/mol. The fraction of sp³-hybridized carbons (Fsp3) is 0.0909. The van der Waals surface area contributed by atoms with E-state index < -0.39 is 0 Å². The average Bonchev–Trinajstić information content (AvgIpc) is 2.23. The molecule has 0 amide bonds. The minimum atomic E-state index is -0.252. The Bertz CT molecular complexity index is 429. The molecule has 2 radical (unpaired) electrons. The first kappa shape index (κ1) is 8.94. The maximum Gasteiger partial charge on any atom is 0.189 e. The number of benzene rings is 1. The summed E-state index contributed by atoms with van der Waals surface area (Å²) in [6, 6.07) is 6.72. The number of Topliss-reactive ketones (excluding diaryl/α,β-unsaturated/α-hetero) is 2. The Morgan fingerprint density at radius 1 is 1.00 bits per heavy atom. The molecule has 2 nitrogen and oxygen atoms in total. The molecule has 0 N–H and O–H groups in total. The van der Waals surface area contributed by atoms with Crippen LogP contribution < -0.4 is 0 Å². The molecule has 0 heterocycles. The predicted octanol–water partition coefficient (Wildman–Crippen LogP) is 1.51. The van der Waals surface area contributed by atoms with E-state index in [2.05, 4.69) is 0 Å². The van der Waals surface area contributed by atoms with Gasteiger partial charge in [0.1, 0.15) is 7.85 Å². The lowest BCUT2D eigenvalue weighted by molar-refractivity contribution is 0.0981. The van der Waals surface area contributed by atoms with E-state index in [9.17, 15) is 9.59 Å². The van der Waals surface area contributed by atoms with Gasteiger partial charge in [-0.3, -0.25) is 9.59 Å². The summed E-state index contributed by atoms with van der Waals surface area (Å²) in [7, 11) is 5.54. The van der Waals surface area contributed by atoms with E-state index in [1.165, 1.54) is 0 Å². The predicted molar refractivity (Wildman–Crippen MR) is 53.6 cm³/mol. The topological polar surface area (TPSA) is 34.1 Å². The maximum absolute atomic E-state index is 11.7. The lowest BCUT2D eigenvalue weighted by atomic mass is 9.76. The van der Waals surface area contributed by atoms with Crippen molar-refractivity contribution in [3.05, 3.63) is 46.4 Å². The Morgan fingerprint density at radius 2 is 1.50 bits per heavy atom. The summed E-state index contributed by atoms with van der Waals surface area (Å²) in [5, 5.41) is 0. The SMILES string of the molecule is [B]C1=C(C)C(=O)c2ccccc2C1=O. The van der Waals surface area contributed by atoms with Crippen molar-refractivity contribution in [1.29, 1.82) is 0 Å². The number of ketones is 2. The minimum Gasteiger partial charge on any atom is -0.290 e. The number of hydrogen-bond acceptors (Lipinski definition) is 2. The first-order chi connectivity index (χ1) is 6.63. The number of carbonyl (C=O) groups excluding carboxylic acids is 2. The molecule has 0 aromatic heterocycles. The summed E-state index contributed by atoms with van der Waals surface area (Å²) in [6.07, 6.45) is 0. The van der Waals surface area contributed by atoms with Gasteiger partial charge >= 0.3 is 0 Å². The Kier molecular flexibility index (Phi) is 1.88. The van der Waals surface area contributed by atoms with Gasteiger partial charge in [-0.05, 0) is 18.0 Å². The van der Waals surface area contributed by atoms with Crippen LogP contribution in [-0.4, -0.2) is 19.4 Å². The van der Waals surface area contributed by atoms with Crippen molar-refractivity contribution < 1.29 is 9.59 Å². The Balaban J connectivity index is 2.73. The molecule has 2 rings (SSSR count). The molecule has 0 aliphatic heterocycles. The zero-order valence-corrected chi connectivity index (χ0v) is 7.70. The monoisotopic (exact) mass is 182 g/mol. The minimum absolute atomic E-state index is 0.0636. The third kappa shape index (κ3) is 1.05. The molecule has 0 saturated carbocycles. The van der Waals surface area contributed by atoms with Crippen LogP contribution in [0.1, 0.15) is 27.6 Å². The van der Waals surface area contributed by atoms with Crippen molar-refractivity contribution in [1.82, 2.24) is 0 Å². The lowest BCUT2D eigenvalue weighted by Gasteiger charge is -2.16. The molecule has 0 bridgehead atoms. The van der Waals surface area contributed by atoms with Crippen LogP contribution in [0.15, 0.2) is 35.3 Å². The highest BCUT2D eigenvalue weighted by atomic mass is 16.1. The van der Waals surface area contributed by atoms with E-state index in [0.717, 1.165) is 0 Å². The highest BCUT2D eigenvalue weighted by Crippen LogP contribution is 2.23. The van der Waals surface area contributed by atoms with Crippen LogP contribution in [0.3, 0.4) is 0 Å². The third-order valence-electron chi connectivity index (χ3n) is 2.41. The van der Waals surface area contributed by atoms with Crippen LogP contribution >= 0.6 is 0 Å². The molecule has 1 aromatic carbocycles. The average molecular weight is 182 g/mol. The van der Waals surface area contributed by atoms with Gasteiger partial charge in [0.25, 0.3) is 0 Å². The number of carbonyl (C=O) groups is 2. The van der Waals surface area contributed by atoms with E-state index in [4.69, 9.17) is 7.85 Å². The summed E-state index contributed by atoms with van der Waals surface area (Å²) < 4.78 is 0. The third-order valence-corrected chi connectivity index (χ3v) is 2.41. The van der Waals surface area contributed by atoms with Gasteiger partial charge < -0.3 is 0 Å². The molecule has 0 atom stereocenters. The second kappa shape index (κ2) is 2.94. The summed E-state index contributed by atoms with van der Waals surface area (Å²) in [6.45, 7) is 1.57. The highest BCUT2D eigenvalue weighted by Gasteiger charge is 2.25. The van der Waals surface area contributed by atoms with E-state index >= 15 is 0 Å². The van der Waals surface area contributed by atoms with Crippen molar-refractivity contribution >= 4 is 19.4 Å². The highest BCUT2D eigenvalue weighted by molar-refractivity contribution is 6.46. The zero-order chi connectivity index (χ0) is 10.3. The molecule has 66 valence electrons. The molecule has 0 saturated heterocycles. The van der Waals surface area contributed by atoms with Crippen LogP contribution in [0.2, 0.25) is 0 Å². The molecule has 0 fully saturated rings. The molecule has 1 aliphatic rings. The van der Waals surface area contributed by atoms with Crippen molar-refractivity contribution in [3.8, 4) is 0 Å². The van der Waals surface area contributed by atoms with Crippen LogP contribution in [0, 0.1) is 0 Å². The van der Waals surface area contributed by atoms with Crippen molar-refractivity contribution in [2.75, 3.05) is 0 Å². The summed E-state index contributed by atoms with van der Waals surface area (Å²) in [4.78, 5) is 23.3. The lowest BCUT2D eigenvalue weighted by Crippen LogP contribution is -2.20. The summed E-state index contributed by atoms with van der Waals surface area (Å²) in [5.74, 6) is -0.407. The van der Waals surface area contributed by atoms with Gasteiger partial charge in [0.05, 0.1) is 0 Å². The van der Waals surface area contributed by atoms with Crippen molar-refractivity contribution in [2.45, 2.75) is 6.92 Å². The quantitative estimate of drug-likeness (QED) is 0.569. The van der Waals surface area contributed by atoms with Crippen LogP contribution in [-0.2, 0) is 0 Å². The van der Waals surface area contributed by atoms with Gasteiger partial charge in [0.2, 0.25) is 0 Å². The van der Waals surface area contributed by atoms with Gasteiger partial charge in [-0.15, -0.1) is 0 Å². The Labute approximate surface area is 83.0 Å². The van der Waals surface area contributed by atoms with Gasteiger partial charge in [0.15, 0.2) is 11.6 Å².